The summed E-state index contributed by atoms with van der Waals surface area (Å²) in [5.74, 6) is 0.0148. The van der Waals surface area contributed by atoms with Crippen molar-refractivity contribution in [2.75, 3.05) is 0 Å². The van der Waals surface area contributed by atoms with Gasteiger partial charge < -0.3 is 10.3 Å². The molecule has 0 aliphatic carbocycles. The fourth-order valence-electron chi connectivity index (χ4n) is 4.54. The molecule has 0 spiro atoms. The minimum atomic E-state index is -0.0514. The molecular formula is C29H31ClN2O. The van der Waals surface area contributed by atoms with E-state index in [-0.39, 0.29) is 17.9 Å². The van der Waals surface area contributed by atoms with Crippen LogP contribution in [0.15, 0.2) is 79.0 Å². The van der Waals surface area contributed by atoms with Crippen LogP contribution in [0.5, 0.6) is 0 Å². The number of carbonyl (C=O) groups excluding carboxylic acids is 1. The number of halogens is 1. The molecule has 0 radical (unpaired) electrons. The Morgan fingerprint density at radius 1 is 1.00 bits per heavy atom. The Labute approximate surface area is 201 Å². The van der Waals surface area contributed by atoms with Gasteiger partial charge in [0.25, 0.3) is 0 Å². The SMILES string of the molecule is CCc1cccc2c(C(CC(=O)NC(C)CCc3ccccc3)c3ccc(Cl)cc3)c[nH]c12. The van der Waals surface area contributed by atoms with Crippen LogP contribution in [0, 0.1) is 0 Å². The van der Waals surface area contributed by atoms with Gasteiger partial charge in [-0.1, -0.05) is 79.2 Å². The molecule has 2 unspecified atom stereocenters. The molecule has 170 valence electrons. The van der Waals surface area contributed by atoms with Crippen molar-refractivity contribution in [3.8, 4) is 0 Å². The highest BCUT2D eigenvalue weighted by Crippen LogP contribution is 2.35. The lowest BCUT2D eigenvalue weighted by Crippen LogP contribution is -2.33. The van der Waals surface area contributed by atoms with E-state index in [0.29, 0.717) is 11.4 Å². The Balaban J connectivity index is 1.53. The molecule has 4 rings (SSSR count). The van der Waals surface area contributed by atoms with Crippen molar-refractivity contribution < 1.29 is 4.79 Å². The van der Waals surface area contributed by atoms with Gasteiger partial charge in [0.05, 0.1) is 0 Å². The standard InChI is InChI=1S/C29H31ClN2O/c1-3-22-10-7-11-25-27(19-31-29(22)25)26(23-14-16-24(30)17-15-23)18-28(33)32-20(2)12-13-21-8-5-4-6-9-21/h4-11,14-17,19-20,26,31H,3,12-13,18H2,1-2H3,(H,32,33). The maximum Gasteiger partial charge on any atom is 0.221 e. The Morgan fingerprint density at radius 3 is 2.48 bits per heavy atom. The molecule has 0 saturated carbocycles. The van der Waals surface area contributed by atoms with Crippen LogP contribution in [0.2, 0.25) is 5.02 Å². The fraction of sp³-hybridized carbons (Fsp3) is 0.276. The van der Waals surface area contributed by atoms with E-state index in [0.717, 1.165) is 35.9 Å². The van der Waals surface area contributed by atoms with Crippen molar-refractivity contribution in [2.45, 2.75) is 51.5 Å². The molecule has 4 aromatic rings. The maximum absolute atomic E-state index is 13.1. The third-order valence-corrected chi connectivity index (χ3v) is 6.62. The molecule has 4 heteroatoms. The number of nitrogens with one attached hydrogen (secondary N) is 2. The van der Waals surface area contributed by atoms with E-state index in [1.54, 1.807) is 0 Å². The molecule has 2 N–H and O–H groups in total. The van der Waals surface area contributed by atoms with Gasteiger partial charge in [-0.25, -0.2) is 0 Å². The van der Waals surface area contributed by atoms with Crippen LogP contribution in [-0.4, -0.2) is 16.9 Å². The van der Waals surface area contributed by atoms with Crippen molar-refractivity contribution in [3.63, 3.8) is 0 Å². The zero-order valence-electron chi connectivity index (χ0n) is 19.3. The molecule has 1 amide bonds. The summed E-state index contributed by atoms with van der Waals surface area (Å²) in [5.41, 5.74) is 5.98. The minimum Gasteiger partial charge on any atom is -0.361 e. The molecule has 0 fully saturated rings. The van der Waals surface area contributed by atoms with Gasteiger partial charge in [-0.15, -0.1) is 0 Å². The van der Waals surface area contributed by atoms with Gasteiger partial charge in [0, 0.05) is 40.5 Å². The predicted molar refractivity (Wildman–Crippen MR) is 138 cm³/mol. The lowest BCUT2D eigenvalue weighted by Gasteiger charge is -2.20. The Hall–Kier alpha value is -3.04. The van der Waals surface area contributed by atoms with E-state index in [1.165, 1.54) is 16.5 Å². The van der Waals surface area contributed by atoms with Crippen molar-refractivity contribution in [3.05, 3.63) is 106 Å². The second kappa shape index (κ2) is 10.7. The molecule has 3 aromatic carbocycles. The number of benzene rings is 3. The Morgan fingerprint density at radius 2 is 1.76 bits per heavy atom. The highest BCUT2D eigenvalue weighted by Gasteiger charge is 2.23. The first-order valence-electron chi connectivity index (χ1n) is 11.7. The van der Waals surface area contributed by atoms with Gasteiger partial charge in [-0.3, -0.25) is 4.79 Å². The first-order chi connectivity index (χ1) is 16.0. The third-order valence-electron chi connectivity index (χ3n) is 6.37. The van der Waals surface area contributed by atoms with Crippen molar-refractivity contribution >= 4 is 28.4 Å². The molecule has 3 nitrogen and oxygen atoms in total. The van der Waals surface area contributed by atoms with Crippen LogP contribution in [0.25, 0.3) is 10.9 Å². The molecule has 0 bridgehead atoms. The van der Waals surface area contributed by atoms with E-state index >= 15 is 0 Å². The molecule has 0 aliphatic heterocycles. The number of aromatic amines is 1. The summed E-state index contributed by atoms with van der Waals surface area (Å²) in [6, 6.07) is 24.8. The third kappa shape index (κ3) is 5.66. The lowest BCUT2D eigenvalue weighted by atomic mass is 9.87. The van der Waals surface area contributed by atoms with E-state index in [4.69, 9.17) is 11.6 Å². The number of hydrogen-bond donors (Lipinski definition) is 2. The summed E-state index contributed by atoms with van der Waals surface area (Å²) in [4.78, 5) is 16.6. The first kappa shape index (κ1) is 23.1. The minimum absolute atomic E-state index is 0.0514. The van der Waals surface area contributed by atoms with Gasteiger partial charge in [0.15, 0.2) is 0 Å². The van der Waals surface area contributed by atoms with E-state index in [2.05, 4.69) is 72.8 Å². The van der Waals surface area contributed by atoms with Gasteiger partial charge in [-0.2, -0.15) is 0 Å². The summed E-state index contributed by atoms with van der Waals surface area (Å²) in [5, 5.41) is 5.10. The van der Waals surface area contributed by atoms with Gasteiger partial charge in [0.2, 0.25) is 5.91 Å². The van der Waals surface area contributed by atoms with E-state index in [1.807, 2.05) is 30.3 Å². The molecule has 1 heterocycles. The van der Waals surface area contributed by atoms with E-state index in [9.17, 15) is 4.79 Å². The van der Waals surface area contributed by atoms with Crippen molar-refractivity contribution in [2.24, 2.45) is 0 Å². The Kier molecular flexibility index (Phi) is 7.51. The van der Waals surface area contributed by atoms with Gasteiger partial charge in [-0.05, 0) is 60.6 Å². The van der Waals surface area contributed by atoms with Gasteiger partial charge in [0.1, 0.15) is 0 Å². The second-order valence-corrected chi connectivity index (χ2v) is 9.17. The lowest BCUT2D eigenvalue weighted by molar-refractivity contribution is -0.121. The molecule has 0 saturated heterocycles. The smallest absolute Gasteiger partial charge is 0.221 e. The quantitative estimate of drug-likeness (QED) is 0.277. The fourth-order valence-corrected chi connectivity index (χ4v) is 4.67. The van der Waals surface area contributed by atoms with Crippen molar-refractivity contribution in [1.29, 1.82) is 0 Å². The molecule has 1 aromatic heterocycles. The number of para-hydroxylation sites is 1. The van der Waals surface area contributed by atoms with Crippen LogP contribution in [0.1, 0.15) is 54.9 Å². The highest BCUT2D eigenvalue weighted by atomic mass is 35.5. The van der Waals surface area contributed by atoms with Crippen LogP contribution < -0.4 is 5.32 Å². The monoisotopic (exact) mass is 458 g/mol. The number of hydrogen-bond acceptors (Lipinski definition) is 1. The Bertz CT molecular complexity index is 1200. The summed E-state index contributed by atoms with van der Waals surface area (Å²) < 4.78 is 0. The number of carbonyl (C=O) groups is 1. The molecule has 2 atom stereocenters. The van der Waals surface area contributed by atoms with Gasteiger partial charge >= 0.3 is 0 Å². The number of fused-ring (bicyclic) bond motifs is 1. The van der Waals surface area contributed by atoms with E-state index < -0.39 is 0 Å². The summed E-state index contributed by atoms with van der Waals surface area (Å²) >= 11 is 6.15. The van der Waals surface area contributed by atoms with Crippen LogP contribution in [-0.2, 0) is 17.6 Å². The summed E-state index contributed by atoms with van der Waals surface area (Å²) in [6.07, 6.45) is 5.28. The largest absolute Gasteiger partial charge is 0.361 e. The zero-order chi connectivity index (χ0) is 23.2. The molecule has 0 aliphatic rings. The molecular weight excluding hydrogens is 428 g/mol. The number of amides is 1. The summed E-state index contributed by atoms with van der Waals surface area (Å²) in [6.45, 7) is 4.24. The van der Waals surface area contributed by atoms with Crippen molar-refractivity contribution in [1.82, 2.24) is 10.3 Å². The average Bonchev–Trinajstić information content (AvgIpc) is 3.26. The van der Waals surface area contributed by atoms with Crippen LogP contribution in [0.3, 0.4) is 0 Å². The normalized spacial score (nSPS) is 13.1. The topological polar surface area (TPSA) is 44.9 Å². The summed E-state index contributed by atoms with van der Waals surface area (Å²) in [7, 11) is 0. The molecule has 33 heavy (non-hydrogen) atoms. The average molecular weight is 459 g/mol. The highest BCUT2D eigenvalue weighted by molar-refractivity contribution is 6.30. The predicted octanol–water partition coefficient (Wildman–Crippen LogP) is 7.04. The maximum atomic E-state index is 13.1. The van der Waals surface area contributed by atoms with Crippen LogP contribution >= 0.6 is 11.6 Å². The second-order valence-electron chi connectivity index (χ2n) is 8.74. The van der Waals surface area contributed by atoms with Crippen LogP contribution in [0.4, 0.5) is 0 Å². The number of aryl methyl sites for hydroxylation is 2. The zero-order valence-corrected chi connectivity index (χ0v) is 20.0. The number of aromatic nitrogens is 1. The first-order valence-corrected chi connectivity index (χ1v) is 12.1. The number of H-pyrrole nitrogens is 1. The number of rotatable bonds is 9.